The molecular formula is C16H13NO4. The Morgan fingerprint density at radius 2 is 1.95 bits per heavy atom. The van der Waals surface area contributed by atoms with E-state index < -0.39 is 11.7 Å². The fraction of sp³-hybridized carbons (Fsp3) is 0.125. The fourth-order valence-electron chi connectivity index (χ4n) is 2.23. The number of carbonyl (C=O) groups is 1. The average Bonchev–Trinajstić information content (AvgIpc) is 2.82. The van der Waals surface area contributed by atoms with Gasteiger partial charge in [0.15, 0.2) is 5.58 Å². The Morgan fingerprint density at radius 1 is 1.19 bits per heavy atom. The summed E-state index contributed by atoms with van der Waals surface area (Å²) >= 11 is 0. The molecule has 2 aromatic carbocycles. The number of oxazole rings is 1. The third-order valence-electron chi connectivity index (χ3n) is 3.27. The lowest BCUT2D eigenvalue weighted by atomic mass is 10.2. The zero-order valence-corrected chi connectivity index (χ0v) is 11.4. The van der Waals surface area contributed by atoms with E-state index in [1.54, 1.807) is 12.1 Å². The van der Waals surface area contributed by atoms with E-state index in [9.17, 15) is 9.59 Å². The zero-order chi connectivity index (χ0) is 14.8. The fourth-order valence-corrected chi connectivity index (χ4v) is 2.23. The highest BCUT2D eigenvalue weighted by Crippen LogP contribution is 2.17. The molecule has 0 N–H and O–H groups in total. The first kappa shape index (κ1) is 13.2. The maximum absolute atomic E-state index is 12.0. The van der Waals surface area contributed by atoms with Crippen molar-refractivity contribution < 1.29 is 13.9 Å². The molecule has 0 bridgehead atoms. The maximum Gasteiger partial charge on any atom is 0.420 e. The van der Waals surface area contributed by atoms with Gasteiger partial charge in [-0.15, -0.1) is 0 Å². The normalized spacial score (nSPS) is 10.7. The Labute approximate surface area is 120 Å². The van der Waals surface area contributed by atoms with Crippen LogP contribution in [-0.2, 0) is 11.3 Å². The molecule has 5 heteroatoms. The second-order valence-corrected chi connectivity index (χ2v) is 4.61. The molecule has 0 saturated carbocycles. The Morgan fingerprint density at radius 3 is 2.67 bits per heavy atom. The number of fused-ring (bicyclic) bond motifs is 1. The summed E-state index contributed by atoms with van der Waals surface area (Å²) in [7, 11) is 1.31. The molecule has 0 aliphatic rings. The summed E-state index contributed by atoms with van der Waals surface area (Å²) < 4.78 is 11.4. The number of methoxy groups -OCH3 is 1. The van der Waals surface area contributed by atoms with Crippen molar-refractivity contribution in [2.45, 2.75) is 6.54 Å². The van der Waals surface area contributed by atoms with Crippen molar-refractivity contribution in [3.05, 3.63) is 70.2 Å². The highest BCUT2D eigenvalue weighted by atomic mass is 16.5. The van der Waals surface area contributed by atoms with Gasteiger partial charge in [-0.25, -0.2) is 9.59 Å². The van der Waals surface area contributed by atoms with E-state index in [0.717, 1.165) is 5.56 Å². The Hall–Kier alpha value is -2.82. The van der Waals surface area contributed by atoms with Crippen LogP contribution < -0.4 is 5.76 Å². The van der Waals surface area contributed by atoms with Crippen molar-refractivity contribution in [2.75, 3.05) is 7.11 Å². The molecule has 1 heterocycles. The first-order chi connectivity index (χ1) is 10.2. The predicted octanol–water partition coefficient (Wildman–Crippen LogP) is 2.43. The van der Waals surface area contributed by atoms with Crippen molar-refractivity contribution in [3.63, 3.8) is 0 Å². The minimum absolute atomic E-state index is 0.352. The molecule has 21 heavy (non-hydrogen) atoms. The van der Waals surface area contributed by atoms with Gasteiger partial charge in [0.2, 0.25) is 0 Å². The number of benzene rings is 2. The van der Waals surface area contributed by atoms with Crippen LogP contribution in [0.3, 0.4) is 0 Å². The Bertz CT molecular complexity index is 846. The van der Waals surface area contributed by atoms with Gasteiger partial charge in [-0.2, -0.15) is 0 Å². The van der Waals surface area contributed by atoms with Crippen molar-refractivity contribution in [2.24, 2.45) is 0 Å². The molecule has 0 unspecified atom stereocenters. The third kappa shape index (κ3) is 2.45. The van der Waals surface area contributed by atoms with Gasteiger partial charge in [0.25, 0.3) is 0 Å². The van der Waals surface area contributed by atoms with Gasteiger partial charge >= 0.3 is 11.7 Å². The standard InChI is InChI=1S/C16H13NO4/c1-20-15(18)12-7-8-13-14(9-12)21-16(19)17(13)10-11-5-3-2-4-6-11/h2-9H,10H2,1H3. The second kappa shape index (κ2) is 5.28. The van der Waals surface area contributed by atoms with Gasteiger partial charge in [-0.05, 0) is 23.8 Å². The summed E-state index contributed by atoms with van der Waals surface area (Å²) in [5.74, 6) is -0.911. The second-order valence-electron chi connectivity index (χ2n) is 4.61. The van der Waals surface area contributed by atoms with Gasteiger partial charge < -0.3 is 9.15 Å². The molecule has 0 atom stereocenters. The monoisotopic (exact) mass is 283 g/mol. The van der Waals surface area contributed by atoms with Crippen LogP contribution in [0.25, 0.3) is 11.1 Å². The van der Waals surface area contributed by atoms with Crippen LogP contribution in [0, 0.1) is 0 Å². The number of aromatic nitrogens is 1. The summed E-state index contributed by atoms with van der Waals surface area (Å²) in [5.41, 5.74) is 2.38. The summed E-state index contributed by atoms with van der Waals surface area (Å²) in [5, 5.41) is 0. The molecule has 106 valence electrons. The zero-order valence-electron chi connectivity index (χ0n) is 11.4. The summed E-state index contributed by atoms with van der Waals surface area (Å²) in [6.07, 6.45) is 0. The summed E-state index contributed by atoms with van der Waals surface area (Å²) in [4.78, 5) is 23.5. The third-order valence-corrected chi connectivity index (χ3v) is 3.27. The average molecular weight is 283 g/mol. The van der Waals surface area contributed by atoms with E-state index >= 15 is 0 Å². The number of hydrogen-bond donors (Lipinski definition) is 0. The minimum Gasteiger partial charge on any atom is -0.465 e. The van der Waals surface area contributed by atoms with Crippen LogP contribution in [0.15, 0.2) is 57.7 Å². The number of hydrogen-bond acceptors (Lipinski definition) is 4. The number of rotatable bonds is 3. The van der Waals surface area contributed by atoms with E-state index in [0.29, 0.717) is 23.2 Å². The molecule has 0 amide bonds. The van der Waals surface area contributed by atoms with Gasteiger partial charge in [0.05, 0.1) is 24.7 Å². The SMILES string of the molecule is COC(=O)c1ccc2c(c1)oc(=O)n2Cc1ccccc1. The smallest absolute Gasteiger partial charge is 0.420 e. The number of esters is 1. The largest absolute Gasteiger partial charge is 0.465 e. The number of ether oxygens (including phenoxy) is 1. The molecule has 0 radical (unpaired) electrons. The predicted molar refractivity (Wildman–Crippen MR) is 77.4 cm³/mol. The van der Waals surface area contributed by atoms with E-state index in [2.05, 4.69) is 4.74 Å². The van der Waals surface area contributed by atoms with Crippen LogP contribution in [0.2, 0.25) is 0 Å². The first-order valence-electron chi connectivity index (χ1n) is 6.44. The van der Waals surface area contributed by atoms with Crippen LogP contribution in [-0.4, -0.2) is 17.6 Å². The molecule has 0 saturated heterocycles. The molecule has 0 spiro atoms. The molecule has 0 aliphatic carbocycles. The highest BCUT2D eigenvalue weighted by Gasteiger charge is 2.13. The van der Waals surface area contributed by atoms with Gasteiger partial charge in [0.1, 0.15) is 0 Å². The molecular weight excluding hydrogens is 270 g/mol. The molecule has 0 aliphatic heterocycles. The Kier molecular flexibility index (Phi) is 3.31. The Balaban J connectivity index is 2.06. The lowest BCUT2D eigenvalue weighted by Crippen LogP contribution is -2.14. The van der Waals surface area contributed by atoms with Gasteiger partial charge in [-0.3, -0.25) is 4.57 Å². The molecule has 3 rings (SSSR count). The number of nitrogens with zero attached hydrogens (tertiary/aromatic N) is 1. The van der Waals surface area contributed by atoms with Crippen molar-refractivity contribution in [3.8, 4) is 0 Å². The van der Waals surface area contributed by atoms with Crippen molar-refractivity contribution in [1.82, 2.24) is 4.57 Å². The van der Waals surface area contributed by atoms with Crippen molar-refractivity contribution >= 4 is 17.1 Å². The summed E-state index contributed by atoms with van der Waals surface area (Å²) in [6, 6.07) is 14.4. The van der Waals surface area contributed by atoms with Crippen molar-refractivity contribution in [1.29, 1.82) is 0 Å². The summed E-state index contributed by atoms with van der Waals surface area (Å²) in [6.45, 7) is 0.421. The van der Waals surface area contributed by atoms with Gasteiger partial charge in [0, 0.05) is 0 Å². The molecule has 0 fully saturated rings. The van der Waals surface area contributed by atoms with Gasteiger partial charge in [-0.1, -0.05) is 30.3 Å². The lowest BCUT2D eigenvalue weighted by molar-refractivity contribution is 0.0601. The van der Waals surface area contributed by atoms with Crippen LogP contribution >= 0.6 is 0 Å². The highest BCUT2D eigenvalue weighted by molar-refractivity contribution is 5.93. The minimum atomic E-state index is -0.463. The van der Waals surface area contributed by atoms with E-state index in [4.69, 9.17) is 4.42 Å². The molecule has 5 nitrogen and oxygen atoms in total. The number of carbonyl (C=O) groups excluding carboxylic acids is 1. The quantitative estimate of drug-likeness (QED) is 0.693. The van der Waals surface area contributed by atoms with E-state index in [1.165, 1.54) is 17.7 Å². The molecule has 3 aromatic rings. The van der Waals surface area contributed by atoms with Crippen LogP contribution in [0.5, 0.6) is 0 Å². The van der Waals surface area contributed by atoms with E-state index in [1.807, 2.05) is 30.3 Å². The van der Waals surface area contributed by atoms with Crippen LogP contribution in [0.1, 0.15) is 15.9 Å². The molecule has 1 aromatic heterocycles. The first-order valence-corrected chi connectivity index (χ1v) is 6.44. The van der Waals surface area contributed by atoms with Crippen LogP contribution in [0.4, 0.5) is 0 Å². The topological polar surface area (TPSA) is 61.4 Å². The lowest BCUT2D eigenvalue weighted by Gasteiger charge is -2.03. The maximum atomic E-state index is 12.0. The van der Waals surface area contributed by atoms with E-state index in [-0.39, 0.29) is 0 Å².